The third-order valence-corrected chi connectivity index (χ3v) is 26.5. The predicted molar refractivity (Wildman–Crippen MR) is 414 cm³/mol. The Balaban J connectivity index is 0.632. The second kappa shape index (κ2) is 35.5. The van der Waals surface area contributed by atoms with Gasteiger partial charge in [0, 0.05) is 124 Å². The zero-order valence-electron chi connectivity index (χ0n) is 61.3. The van der Waals surface area contributed by atoms with Crippen LogP contribution in [0.15, 0.2) is 147 Å². The van der Waals surface area contributed by atoms with E-state index in [1.165, 1.54) is 51.9 Å². The monoisotopic (exact) mass is 1570 g/mol. The molecule has 4 aliphatic heterocycles. The highest BCUT2D eigenvalue weighted by atomic mass is 35.5. The molecule has 4 unspecified atom stereocenters. The lowest BCUT2D eigenvalue weighted by Crippen LogP contribution is -2.57. The first-order valence-corrected chi connectivity index (χ1v) is 42.3. The Bertz CT molecular complexity index is 4360. The number of aromatic nitrogens is 1. The predicted octanol–water partition coefficient (Wildman–Crippen LogP) is 12.8. The van der Waals surface area contributed by atoms with Crippen LogP contribution in [0.3, 0.4) is 0 Å². The number of hydrogen-bond acceptors (Lipinski definition) is 17. The molecule has 5 amide bonds. The molecule has 0 bridgehead atoms. The number of benzene rings is 5. The molecular weight excluding hydrogens is 1470 g/mol. The minimum Gasteiger partial charge on any atom is -0.391 e. The van der Waals surface area contributed by atoms with Gasteiger partial charge in [0.2, 0.25) is 23.6 Å². The SMILES string of the molecule is Cc1ncsc1-c1ccc([C@H](C)NC(=O)C2CC(O)CN2C(=O)[C@@H](NC(=O)CCCCCCC(=O)N2CC3CN(CC[C@H](CSc4ccccc4)Nc4ccc(S(=O)(=O)NC(=O)c5ccc(N6CCN(CC7=C(c8ccc(Cl)cc8)CCCCC7)CC6)cc5)cc4S(=O)(=O)C(F)(F)F)CC3C2)C(C)(C)C)cc1. The van der Waals surface area contributed by atoms with Crippen LogP contribution >= 0.6 is 34.7 Å². The second-order valence-corrected chi connectivity index (χ2v) is 36.1. The van der Waals surface area contributed by atoms with Crippen molar-refractivity contribution >= 4 is 101 Å². The number of aliphatic hydroxyl groups is 1. The maximum atomic E-state index is 14.6. The van der Waals surface area contributed by atoms with Crippen LogP contribution in [0.1, 0.15) is 144 Å². The first-order valence-electron chi connectivity index (χ1n) is 37.1. The number of halogens is 4. The van der Waals surface area contributed by atoms with Gasteiger partial charge < -0.3 is 40.7 Å². The maximum Gasteiger partial charge on any atom is 0.501 e. The number of amides is 5. The summed E-state index contributed by atoms with van der Waals surface area (Å²) < 4.78 is 101. The first kappa shape index (κ1) is 80.6. The molecule has 0 saturated carbocycles. The van der Waals surface area contributed by atoms with Gasteiger partial charge in [-0.2, -0.15) is 13.2 Å². The smallest absolute Gasteiger partial charge is 0.391 e. The topological polar surface area (TPSA) is 251 Å². The number of thioether (sulfide) groups is 1. The lowest BCUT2D eigenvalue weighted by Gasteiger charge is -2.37. The van der Waals surface area contributed by atoms with Crippen LogP contribution in [0, 0.1) is 24.2 Å². The van der Waals surface area contributed by atoms with E-state index in [1.54, 1.807) is 29.0 Å². The highest BCUT2D eigenvalue weighted by Gasteiger charge is 2.49. The van der Waals surface area contributed by atoms with Crippen LogP contribution in [-0.4, -0.2) is 184 Å². The highest BCUT2D eigenvalue weighted by Crippen LogP contribution is 2.40. The van der Waals surface area contributed by atoms with Crippen LogP contribution in [-0.2, 0) is 39.0 Å². The number of allylic oxidation sites excluding steroid dienone is 1. The van der Waals surface area contributed by atoms with Gasteiger partial charge in [-0.1, -0.05) is 112 Å². The zero-order valence-corrected chi connectivity index (χ0v) is 65.3. The minimum atomic E-state index is -6.17. The molecule has 20 nitrogen and oxygen atoms in total. The zero-order chi connectivity index (χ0) is 76.4. The Labute approximate surface area is 640 Å². The highest BCUT2D eigenvalue weighted by molar-refractivity contribution is 7.99. The fourth-order valence-corrected chi connectivity index (χ4v) is 19.2. The van der Waals surface area contributed by atoms with E-state index >= 15 is 0 Å². The molecule has 5 aromatic carbocycles. The number of sulfonamides is 1. The summed E-state index contributed by atoms with van der Waals surface area (Å²) in [5.41, 5.74) is 2.52. The number of β-amino-alcohol motifs (C(OH)–C–C–N with tert-alkyl or cyclic N) is 1. The number of rotatable bonds is 29. The Morgan fingerprint density at radius 3 is 2.07 bits per heavy atom. The average Bonchev–Trinajstić information content (AvgIpc) is 1.62. The van der Waals surface area contributed by atoms with Gasteiger partial charge in [0.25, 0.3) is 25.8 Å². The second-order valence-electron chi connectivity index (χ2n) is 30.1. The Morgan fingerprint density at radius 2 is 1.41 bits per heavy atom. The number of nitrogens with one attached hydrogen (secondary N) is 4. The number of aryl methyl sites for hydroxylation is 1. The molecule has 11 rings (SSSR count). The van der Waals surface area contributed by atoms with E-state index in [9.17, 15) is 59.1 Å². The molecular formula is C79H98ClF3N10O10S4. The van der Waals surface area contributed by atoms with E-state index in [1.807, 2.05) is 111 Å². The summed E-state index contributed by atoms with van der Waals surface area (Å²) in [5, 5.41) is 20.5. The lowest BCUT2D eigenvalue weighted by atomic mass is 9.85. The molecule has 4 saturated heterocycles. The molecule has 4 fully saturated rings. The summed E-state index contributed by atoms with van der Waals surface area (Å²) in [5.74, 6) is -1.50. The van der Waals surface area contributed by atoms with Gasteiger partial charge in [-0.15, -0.1) is 23.1 Å². The van der Waals surface area contributed by atoms with Crippen molar-refractivity contribution in [3.8, 4) is 10.4 Å². The lowest BCUT2D eigenvalue weighted by molar-refractivity contribution is -0.144. The summed E-state index contributed by atoms with van der Waals surface area (Å²) in [4.78, 5) is 83.1. The number of nitrogens with zero attached hydrogens (tertiary/aromatic N) is 6. The van der Waals surface area contributed by atoms with E-state index in [0.29, 0.717) is 88.1 Å². The Morgan fingerprint density at radius 1 is 0.748 bits per heavy atom. The third kappa shape index (κ3) is 20.8. The minimum absolute atomic E-state index is 0.0301. The summed E-state index contributed by atoms with van der Waals surface area (Å²) in [7, 11) is -11.1. The van der Waals surface area contributed by atoms with E-state index in [-0.39, 0.29) is 54.6 Å². The van der Waals surface area contributed by atoms with Crippen molar-refractivity contribution in [1.82, 2.24) is 39.9 Å². The van der Waals surface area contributed by atoms with Gasteiger partial charge in [0.15, 0.2) is 0 Å². The normalized spacial score (nSPS) is 20.0. The summed E-state index contributed by atoms with van der Waals surface area (Å²) in [6.45, 7) is 16.2. The molecule has 576 valence electrons. The van der Waals surface area contributed by atoms with Gasteiger partial charge >= 0.3 is 5.51 Å². The van der Waals surface area contributed by atoms with Crippen LogP contribution in [0.5, 0.6) is 0 Å². The number of carbonyl (C=O) groups excluding carboxylic acids is 5. The number of sulfone groups is 1. The van der Waals surface area contributed by atoms with Gasteiger partial charge in [-0.25, -0.2) is 26.5 Å². The molecule has 0 radical (unpaired) electrons. The number of unbranched alkanes of at least 4 members (excludes halogenated alkanes) is 3. The van der Waals surface area contributed by atoms with E-state index in [2.05, 4.69) is 47.8 Å². The molecule has 1 aromatic heterocycles. The number of likely N-dealkylation sites (tertiary alicyclic amines) is 3. The largest absolute Gasteiger partial charge is 0.501 e. The average molecular weight is 1570 g/mol. The van der Waals surface area contributed by atoms with E-state index < -0.39 is 88.2 Å². The van der Waals surface area contributed by atoms with Crippen molar-refractivity contribution in [3.63, 3.8) is 0 Å². The Kier molecular flexibility index (Phi) is 26.8. The van der Waals surface area contributed by atoms with E-state index in [0.717, 1.165) is 103 Å². The van der Waals surface area contributed by atoms with Gasteiger partial charge in [-0.3, -0.25) is 28.9 Å². The van der Waals surface area contributed by atoms with Crippen LogP contribution in [0.2, 0.25) is 5.02 Å². The Hall–Kier alpha value is -7.37. The number of carbonyl (C=O) groups is 5. The summed E-state index contributed by atoms with van der Waals surface area (Å²) in [6, 6.07) is 31.1. The summed E-state index contributed by atoms with van der Waals surface area (Å²) >= 11 is 9.19. The molecule has 5 aliphatic rings. The fourth-order valence-electron chi connectivity index (χ4n) is 15.2. The third-order valence-electron chi connectivity index (χ3n) is 21.3. The van der Waals surface area contributed by atoms with Crippen LogP contribution in [0.25, 0.3) is 16.0 Å². The fraction of sp³-hybridized carbons (Fsp3) is 0.494. The molecule has 28 heteroatoms. The van der Waals surface area contributed by atoms with Gasteiger partial charge in [-0.05, 0) is 165 Å². The van der Waals surface area contributed by atoms with Crippen molar-refractivity contribution in [2.75, 3.05) is 88.0 Å². The van der Waals surface area contributed by atoms with Crippen molar-refractivity contribution < 1.29 is 59.1 Å². The van der Waals surface area contributed by atoms with Gasteiger partial charge in [0.1, 0.15) is 17.0 Å². The van der Waals surface area contributed by atoms with Crippen molar-refractivity contribution in [2.45, 2.75) is 169 Å². The molecule has 5 heterocycles. The molecule has 107 heavy (non-hydrogen) atoms. The number of fused-ring (bicyclic) bond motifs is 1. The number of hydrogen-bond donors (Lipinski definition) is 5. The van der Waals surface area contributed by atoms with Crippen LogP contribution in [0.4, 0.5) is 24.5 Å². The van der Waals surface area contributed by atoms with Crippen molar-refractivity contribution in [2.24, 2.45) is 17.3 Å². The molecule has 6 aromatic rings. The standard InChI is InChI=1S/C79H98ClF3N10O10S4/c1-52(54-22-24-56(25-23-54)73-53(2)84-51-105-73)85-76(98)69-42-64(94)49-93(69)77(99)74(78(3,4)5)87-71(95)20-14-6-7-15-21-72(96)92-47-59-45-90(46-60(59)48-92)37-36-62(50-104-65-17-11-9-12-18-65)86-68-35-34-66(43-70(68)106(100,101)79(81,82)83)107(102,103)88-75(97)57-28-32-63(33-29-57)91-40-38-89(39-41-91)44-58-16-10-8-13-19-67(58)55-26-30-61(80)31-27-55/h9,11-12,17-18,22-35,43,51-52,59-60,62,64,69,74,86,94H,6-8,10,13-16,19-21,36-42,44-50H2,1-5H3,(H,85,98)(H,87,95)(H,88,97)/t52-,59?,60?,62+,64?,69?,74+/m0/s1. The number of piperazine rings is 1. The molecule has 5 N–H and O–H groups in total. The number of thiazole rings is 1. The molecule has 7 atom stereocenters. The number of anilines is 2. The number of aliphatic hydroxyl groups excluding tert-OH is 1. The van der Waals surface area contributed by atoms with Gasteiger partial charge in [0.05, 0.1) is 38.8 Å². The first-order chi connectivity index (χ1) is 51.0. The summed E-state index contributed by atoms with van der Waals surface area (Å²) in [6.07, 6.45) is 8.10. The molecule has 1 aliphatic carbocycles. The van der Waals surface area contributed by atoms with E-state index in [4.69, 9.17) is 11.6 Å². The molecule has 0 spiro atoms. The quantitative estimate of drug-likeness (QED) is 0.0216. The van der Waals surface area contributed by atoms with Crippen molar-refractivity contribution in [3.05, 3.63) is 160 Å². The van der Waals surface area contributed by atoms with Crippen LogP contribution < -0.4 is 25.6 Å². The number of alkyl halides is 3. The van der Waals surface area contributed by atoms with Crippen molar-refractivity contribution in [1.29, 1.82) is 0 Å². The maximum absolute atomic E-state index is 14.6.